The number of allylic oxidation sites excluding steroid dienone is 1. The zero-order chi connectivity index (χ0) is 29.3. The Morgan fingerprint density at radius 2 is 1.80 bits per heavy atom. The first-order valence-electron chi connectivity index (χ1n) is 13.1. The molecule has 0 bridgehead atoms. The first-order valence-corrected chi connectivity index (χ1v) is 14.7. The standard InChI is InChI=1S/C31H29BrN2O6S/c1-6-39-24-16-21(32)19(14-23(24)38-5)15-25-29(35)34-28(26(30(36)40-7-2)17(3)33-31(34)41-25)27-20-11-9-8-10-18(20)12-13-22(27)37-4/h8-16,28H,6-7H2,1-5H3/b25-15+/t28-/m0/s1. The van der Waals surface area contributed by atoms with Gasteiger partial charge in [-0.05, 0) is 61.4 Å². The van der Waals surface area contributed by atoms with E-state index in [1.807, 2.05) is 55.5 Å². The second-order valence-electron chi connectivity index (χ2n) is 9.16. The van der Waals surface area contributed by atoms with Crippen LogP contribution in [-0.4, -0.2) is 38.0 Å². The lowest BCUT2D eigenvalue weighted by Gasteiger charge is -2.27. The Kier molecular flexibility index (Phi) is 8.32. The summed E-state index contributed by atoms with van der Waals surface area (Å²) in [5.74, 6) is 1.17. The Hall–Kier alpha value is -3.89. The van der Waals surface area contributed by atoms with E-state index < -0.39 is 12.0 Å². The summed E-state index contributed by atoms with van der Waals surface area (Å²) in [6.07, 6.45) is 1.78. The van der Waals surface area contributed by atoms with Crippen molar-refractivity contribution in [3.63, 3.8) is 0 Å². The van der Waals surface area contributed by atoms with E-state index in [1.54, 1.807) is 38.7 Å². The number of aromatic nitrogens is 1. The molecule has 0 unspecified atom stereocenters. The van der Waals surface area contributed by atoms with Gasteiger partial charge in [-0.15, -0.1) is 0 Å². The zero-order valence-electron chi connectivity index (χ0n) is 23.3. The van der Waals surface area contributed by atoms with Crippen LogP contribution in [-0.2, 0) is 9.53 Å². The molecule has 1 aliphatic heterocycles. The number of nitrogens with zero attached hydrogens (tertiary/aromatic N) is 2. The number of carbonyl (C=O) groups is 1. The molecular formula is C31H29BrN2O6S. The molecule has 1 aliphatic rings. The third kappa shape index (κ3) is 5.17. The smallest absolute Gasteiger partial charge is 0.338 e. The Morgan fingerprint density at radius 1 is 1.05 bits per heavy atom. The molecular weight excluding hydrogens is 608 g/mol. The van der Waals surface area contributed by atoms with Crippen molar-refractivity contribution in [3.05, 3.63) is 95.1 Å². The van der Waals surface area contributed by atoms with Crippen molar-refractivity contribution in [2.75, 3.05) is 27.4 Å². The van der Waals surface area contributed by atoms with Gasteiger partial charge in [-0.25, -0.2) is 9.79 Å². The minimum absolute atomic E-state index is 0.188. The van der Waals surface area contributed by atoms with Crippen LogP contribution in [0.1, 0.15) is 37.9 Å². The van der Waals surface area contributed by atoms with Crippen LogP contribution in [0.2, 0.25) is 0 Å². The molecule has 0 saturated heterocycles. The quantitative estimate of drug-likeness (QED) is 0.249. The molecule has 0 spiro atoms. The maximum atomic E-state index is 14.2. The number of carbonyl (C=O) groups excluding carboxylic acids is 1. The third-order valence-electron chi connectivity index (χ3n) is 6.81. The molecule has 4 aromatic rings. The predicted octanol–water partition coefficient (Wildman–Crippen LogP) is 5.13. The van der Waals surface area contributed by atoms with Crippen LogP contribution in [0, 0.1) is 0 Å². The molecule has 41 heavy (non-hydrogen) atoms. The van der Waals surface area contributed by atoms with Crippen LogP contribution in [0.3, 0.4) is 0 Å². The predicted molar refractivity (Wildman–Crippen MR) is 163 cm³/mol. The lowest BCUT2D eigenvalue weighted by atomic mass is 9.90. The highest BCUT2D eigenvalue weighted by Gasteiger charge is 2.36. The number of rotatable bonds is 8. The number of benzene rings is 3. The number of thiazole rings is 1. The van der Waals surface area contributed by atoms with Crippen molar-refractivity contribution in [1.29, 1.82) is 0 Å². The Morgan fingerprint density at radius 3 is 2.51 bits per heavy atom. The minimum Gasteiger partial charge on any atom is -0.496 e. The van der Waals surface area contributed by atoms with Gasteiger partial charge in [-0.1, -0.05) is 57.6 Å². The average Bonchev–Trinajstić information content (AvgIpc) is 3.27. The molecule has 0 N–H and O–H groups in total. The third-order valence-corrected chi connectivity index (χ3v) is 8.48. The summed E-state index contributed by atoms with van der Waals surface area (Å²) < 4.78 is 25.2. The van der Waals surface area contributed by atoms with Gasteiger partial charge in [0.25, 0.3) is 5.56 Å². The number of methoxy groups -OCH3 is 2. The van der Waals surface area contributed by atoms with Crippen molar-refractivity contribution in [2.45, 2.75) is 26.8 Å². The molecule has 0 aliphatic carbocycles. The number of halogens is 1. The fraction of sp³-hybridized carbons (Fsp3) is 0.258. The van der Waals surface area contributed by atoms with Crippen molar-refractivity contribution in [3.8, 4) is 17.2 Å². The van der Waals surface area contributed by atoms with Gasteiger partial charge in [0.05, 0.1) is 43.2 Å². The van der Waals surface area contributed by atoms with E-state index >= 15 is 0 Å². The van der Waals surface area contributed by atoms with Crippen LogP contribution in [0.25, 0.3) is 16.8 Å². The van der Waals surface area contributed by atoms with E-state index in [4.69, 9.17) is 23.9 Å². The van der Waals surface area contributed by atoms with Crippen molar-refractivity contribution in [1.82, 2.24) is 4.57 Å². The van der Waals surface area contributed by atoms with Gasteiger partial charge in [0.1, 0.15) is 11.8 Å². The number of ether oxygens (including phenoxy) is 4. The van der Waals surface area contributed by atoms with Gasteiger partial charge in [0.2, 0.25) is 0 Å². The lowest BCUT2D eigenvalue weighted by molar-refractivity contribution is -0.139. The van der Waals surface area contributed by atoms with Crippen LogP contribution < -0.4 is 29.1 Å². The molecule has 3 aromatic carbocycles. The van der Waals surface area contributed by atoms with Gasteiger partial charge < -0.3 is 18.9 Å². The molecule has 1 aromatic heterocycles. The molecule has 5 rings (SSSR count). The largest absolute Gasteiger partial charge is 0.496 e. The SMILES string of the molecule is CCOC(=O)C1=C(C)N=c2s/c(=C/c3cc(OC)c(OCC)cc3Br)c(=O)n2[C@@H]1c1c(OC)ccc2ccccc12. The second-order valence-corrected chi connectivity index (χ2v) is 11.0. The summed E-state index contributed by atoms with van der Waals surface area (Å²) in [4.78, 5) is 32.8. The van der Waals surface area contributed by atoms with Gasteiger partial charge in [0, 0.05) is 10.0 Å². The van der Waals surface area contributed by atoms with E-state index in [1.165, 1.54) is 11.3 Å². The van der Waals surface area contributed by atoms with Crippen LogP contribution in [0.5, 0.6) is 17.2 Å². The van der Waals surface area contributed by atoms with E-state index in [0.29, 0.717) is 50.0 Å². The molecule has 1 atom stereocenters. The van der Waals surface area contributed by atoms with Crippen LogP contribution in [0.15, 0.2) is 74.1 Å². The Balaban J connectivity index is 1.81. The van der Waals surface area contributed by atoms with E-state index in [0.717, 1.165) is 20.8 Å². The van der Waals surface area contributed by atoms with Gasteiger partial charge >= 0.3 is 5.97 Å². The molecule has 0 radical (unpaired) electrons. The molecule has 212 valence electrons. The summed E-state index contributed by atoms with van der Waals surface area (Å²) in [7, 11) is 3.15. The van der Waals surface area contributed by atoms with E-state index in [9.17, 15) is 9.59 Å². The van der Waals surface area contributed by atoms with Crippen LogP contribution >= 0.6 is 27.3 Å². The van der Waals surface area contributed by atoms with Crippen molar-refractivity contribution in [2.24, 2.45) is 4.99 Å². The van der Waals surface area contributed by atoms with Gasteiger partial charge in [0.15, 0.2) is 16.3 Å². The summed E-state index contributed by atoms with van der Waals surface area (Å²) in [5, 5.41) is 1.82. The van der Waals surface area contributed by atoms with Gasteiger partial charge in [-0.2, -0.15) is 0 Å². The maximum Gasteiger partial charge on any atom is 0.338 e. The molecule has 0 amide bonds. The number of hydrogen-bond donors (Lipinski definition) is 0. The second kappa shape index (κ2) is 11.9. The first-order chi connectivity index (χ1) is 19.8. The molecule has 10 heteroatoms. The molecule has 0 fully saturated rings. The molecule has 2 heterocycles. The highest BCUT2D eigenvalue weighted by atomic mass is 79.9. The monoisotopic (exact) mass is 636 g/mol. The Bertz CT molecular complexity index is 1870. The number of fused-ring (bicyclic) bond motifs is 2. The summed E-state index contributed by atoms with van der Waals surface area (Å²) in [5.41, 5.74) is 1.92. The number of hydrogen-bond acceptors (Lipinski definition) is 8. The fourth-order valence-electron chi connectivity index (χ4n) is 5.03. The highest BCUT2D eigenvalue weighted by Crippen LogP contribution is 2.40. The molecule has 0 saturated carbocycles. The normalized spacial score (nSPS) is 15.0. The summed E-state index contributed by atoms with van der Waals surface area (Å²) >= 11 is 4.85. The summed E-state index contributed by atoms with van der Waals surface area (Å²) in [6.45, 7) is 6.09. The lowest BCUT2D eigenvalue weighted by Crippen LogP contribution is -2.40. The minimum atomic E-state index is -0.813. The summed E-state index contributed by atoms with van der Waals surface area (Å²) in [6, 6.07) is 14.4. The Labute approximate surface area is 249 Å². The molecule has 8 nitrogen and oxygen atoms in total. The maximum absolute atomic E-state index is 14.2. The first kappa shape index (κ1) is 28.6. The van der Waals surface area contributed by atoms with Gasteiger partial charge in [-0.3, -0.25) is 9.36 Å². The van der Waals surface area contributed by atoms with E-state index in [2.05, 4.69) is 15.9 Å². The number of esters is 1. The fourth-order valence-corrected chi connectivity index (χ4v) is 6.51. The van der Waals surface area contributed by atoms with Crippen molar-refractivity contribution >= 4 is 50.1 Å². The van der Waals surface area contributed by atoms with E-state index in [-0.39, 0.29) is 12.2 Å². The topological polar surface area (TPSA) is 88.4 Å². The average molecular weight is 638 g/mol. The zero-order valence-corrected chi connectivity index (χ0v) is 25.7. The highest BCUT2D eigenvalue weighted by molar-refractivity contribution is 9.10. The van der Waals surface area contributed by atoms with Crippen LogP contribution in [0.4, 0.5) is 0 Å². The van der Waals surface area contributed by atoms with Crippen molar-refractivity contribution < 1.29 is 23.7 Å².